The minimum atomic E-state index is -0.626. The molecule has 0 aliphatic heterocycles. The standard InChI is InChI=1S/C13H13N3O2S2/c1-8-6-19-13(15-8)20-7-11(17)9-2-4-10(5-3-9)16-12(14)18/h2-6H,7H2,1H3,(H3,14,16,18). The minimum Gasteiger partial charge on any atom is -0.351 e. The number of carbonyl (C=O) groups excluding carboxylic acids is 2. The van der Waals surface area contributed by atoms with Gasteiger partial charge in [-0.1, -0.05) is 11.8 Å². The molecule has 0 radical (unpaired) electrons. The SMILES string of the molecule is Cc1csc(SCC(=O)c2ccc(NC(N)=O)cc2)n1. The van der Waals surface area contributed by atoms with Gasteiger partial charge >= 0.3 is 6.03 Å². The van der Waals surface area contributed by atoms with E-state index in [1.165, 1.54) is 23.1 Å². The number of urea groups is 1. The van der Waals surface area contributed by atoms with Crippen LogP contribution in [0, 0.1) is 6.92 Å². The molecule has 2 amide bonds. The molecule has 0 atom stereocenters. The van der Waals surface area contributed by atoms with E-state index < -0.39 is 6.03 Å². The Labute approximate surface area is 124 Å². The van der Waals surface area contributed by atoms with Crippen molar-refractivity contribution in [1.29, 1.82) is 0 Å². The topological polar surface area (TPSA) is 85.1 Å². The molecule has 0 aliphatic rings. The zero-order chi connectivity index (χ0) is 14.5. The Morgan fingerprint density at radius 2 is 2.05 bits per heavy atom. The zero-order valence-electron chi connectivity index (χ0n) is 10.8. The number of primary amides is 1. The van der Waals surface area contributed by atoms with Gasteiger partial charge in [0, 0.05) is 22.3 Å². The number of rotatable bonds is 5. The number of aromatic nitrogens is 1. The van der Waals surface area contributed by atoms with Crippen LogP contribution in [0.4, 0.5) is 10.5 Å². The molecule has 2 rings (SSSR count). The Hall–Kier alpha value is -1.86. The van der Waals surface area contributed by atoms with Crippen molar-refractivity contribution in [2.24, 2.45) is 5.73 Å². The van der Waals surface area contributed by atoms with Gasteiger partial charge in [-0.25, -0.2) is 9.78 Å². The van der Waals surface area contributed by atoms with Crippen LogP contribution >= 0.6 is 23.1 Å². The summed E-state index contributed by atoms with van der Waals surface area (Å²) in [6.07, 6.45) is 0. The van der Waals surface area contributed by atoms with Crippen LogP contribution < -0.4 is 11.1 Å². The summed E-state index contributed by atoms with van der Waals surface area (Å²) in [6.45, 7) is 1.92. The number of anilines is 1. The molecule has 0 fully saturated rings. The molecule has 0 saturated heterocycles. The highest BCUT2D eigenvalue weighted by Crippen LogP contribution is 2.23. The predicted octanol–water partition coefficient (Wildman–Crippen LogP) is 2.92. The van der Waals surface area contributed by atoms with E-state index in [4.69, 9.17) is 5.73 Å². The molecule has 7 heteroatoms. The van der Waals surface area contributed by atoms with E-state index in [9.17, 15) is 9.59 Å². The summed E-state index contributed by atoms with van der Waals surface area (Å²) in [5.41, 5.74) is 7.14. The van der Waals surface area contributed by atoms with Crippen LogP contribution in [0.25, 0.3) is 0 Å². The molecule has 1 aromatic heterocycles. The monoisotopic (exact) mass is 307 g/mol. The Kier molecular flexibility index (Phi) is 4.75. The maximum Gasteiger partial charge on any atom is 0.316 e. The van der Waals surface area contributed by atoms with Crippen LogP contribution in [0.15, 0.2) is 34.0 Å². The van der Waals surface area contributed by atoms with Gasteiger partial charge in [0.05, 0.1) is 5.75 Å². The molecule has 0 spiro atoms. The van der Waals surface area contributed by atoms with E-state index in [0.717, 1.165) is 10.0 Å². The smallest absolute Gasteiger partial charge is 0.316 e. The summed E-state index contributed by atoms with van der Waals surface area (Å²) in [5, 5.41) is 4.40. The fourth-order valence-corrected chi connectivity index (χ4v) is 3.23. The number of ketones is 1. The molecular formula is C13H13N3O2S2. The molecule has 2 aromatic rings. The molecule has 0 saturated carbocycles. The van der Waals surface area contributed by atoms with Gasteiger partial charge in [-0.3, -0.25) is 4.79 Å². The van der Waals surface area contributed by atoms with Crippen molar-refractivity contribution in [3.63, 3.8) is 0 Å². The molecule has 3 N–H and O–H groups in total. The van der Waals surface area contributed by atoms with Crippen LogP contribution in [0.5, 0.6) is 0 Å². The second-order valence-corrected chi connectivity index (χ2v) is 6.11. The number of hydrogen-bond donors (Lipinski definition) is 2. The molecule has 0 aliphatic carbocycles. The number of nitrogens with one attached hydrogen (secondary N) is 1. The van der Waals surface area contributed by atoms with Gasteiger partial charge in [-0.05, 0) is 31.2 Å². The van der Waals surface area contributed by atoms with Crippen molar-refractivity contribution in [2.45, 2.75) is 11.3 Å². The maximum atomic E-state index is 12.0. The third kappa shape index (κ3) is 4.07. The number of thiazole rings is 1. The third-order valence-corrected chi connectivity index (χ3v) is 4.54. The van der Waals surface area contributed by atoms with Gasteiger partial charge in [0.2, 0.25) is 0 Å². The van der Waals surface area contributed by atoms with Crippen LogP contribution in [-0.2, 0) is 0 Å². The molecule has 20 heavy (non-hydrogen) atoms. The maximum absolute atomic E-state index is 12.0. The van der Waals surface area contributed by atoms with E-state index in [2.05, 4.69) is 10.3 Å². The van der Waals surface area contributed by atoms with Crippen molar-refractivity contribution in [3.05, 3.63) is 40.9 Å². The van der Waals surface area contributed by atoms with Crippen LogP contribution in [-0.4, -0.2) is 22.6 Å². The van der Waals surface area contributed by atoms with Gasteiger partial charge in [-0.15, -0.1) is 11.3 Å². The normalized spacial score (nSPS) is 10.2. The van der Waals surface area contributed by atoms with Gasteiger partial charge in [0.25, 0.3) is 0 Å². The Balaban J connectivity index is 1.93. The van der Waals surface area contributed by atoms with Crippen LogP contribution in [0.2, 0.25) is 0 Å². The lowest BCUT2D eigenvalue weighted by atomic mass is 10.1. The van der Waals surface area contributed by atoms with Gasteiger partial charge in [0.15, 0.2) is 10.1 Å². The van der Waals surface area contributed by atoms with Crippen LogP contribution in [0.3, 0.4) is 0 Å². The number of nitrogens with two attached hydrogens (primary N) is 1. The number of amides is 2. The lowest BCUT2D eigenvalue weighted by Gasteiger charge is -2.03. The quantitative estimate of drug-likeness (QED) is 0.657. The van der Waals surface area contributed by atoms with E-state index in [1.54, 1.807) is 24.3 Å². The summed E-state index contributed by atoms with van der Waals surface area (Å²) in [7, 11) is 0. The molecule has 0 unspecified atom stereocenters. The first kappa shape index (κ1) is 14.5. The van der Waals surface area contributed by atoms with Crippen molar-refractivity contribution in [3.8, 4) is 0 Å². The van der Waals surface area contributed by atoms with E-state index in [1.807, 2.05) is 12.3 Å². The van der Waals surface area contributed by atoms with E-state index in [0.29, 0.717) is 17.0 Å². The van der Waals surface area contributed by atoms with Gasteiger partial charge in [0.1, 0.15) is 0 Å². The first-order valence-electron chi connectivity index (χ1n) is 5.79. The molecule has 104 valence electrons. The summed E-state index contributed by atoms with van der Waals surface area (Å²) >= 11 is 2.96. The highest BCUT2D eigenvalue weighted by atomic mass is 32.2. The number of carbonyl (C=O) groups is 2. The summed E-state index contributed by atoms with van der Waals surface area (Å²) in [4.78, 5) is 27.0. The highest BCUT2D eigenvalue weighted by molar-refractivity contribution is 8.01. The molecule has 0 bridgehead atoms. The molecular weight excluding hydrogens is 294 g/mol. The number of thioether (sulfide) groups is 1. The van der Waals surface area contributed by atoms with Crippen molar-refractivity contribution in [2.75, 3.05) is 11.1 Å². The minimum absolute atomic E-state index is 0.0217. The number of nitrogens with zero attached hydrogens (tertiary/aromatic N) is 1. The summed E-state index contributed by atoms with van der Waals surface area (Å²) in [6, 6.07) is 6.01. The average Bonchev–Trinajstić information content (AvgIpc) is 2.82. The first-order valence-corrected chi connectivity index (χ1v) is 7.66. The Morgan fingerprint density at radius 1 is 1.35 bits per heavy atom. The van der Waals surface area contributed by atoms with E-state index >= 15 is 0 Å². The van der Waals surface area contributed by atoms with Gasteiger partial charge in [-0.2, -0.15) is 0 Å². The Bertz CT molecular complexity index is 623. The number of Topliss-reactive ketones (excluding diaryl/α,β-unsaturated/α-hetero) is 1. The average molecular weight is 307 g/mol. The molecule has 1 heterocycles. The van der Waals surface area contributed by atoms with Crippen LogP contribution in [0.1, 0.15) is 16.1 Å². The number of aryl methyl sites for hydroxylation is 1. The van der Waals surface area contributed by atoms with Gasteiger partial charge < -0.3 is 11.1 Å². The summed E-state index contributed by atoms with van der Waals surface area (Å²) in [5.74, 6) is 0.365. The van der Waals surface area contributed by atoms with E-state index in [-0.39, 0.29) is 5.78 Å². The fraction of sp³-hybridized carbons (Fsp3) is 0.154. The van der Waals surface area contributed by atoms with Crippen molar-refractivity contribution >= 4 is 40.6 Å². The fourth-order valence-electron chi connectivity index (χ4n) is 1.49. The summed E-state index contributed by atoms with van der Waals surface area (Å²) < 4.78 is 0.892. The lowest BCUT2D eigenvalue weighted by molar-refractivity contribution is 0.102. The first-order chi connectivity index (χ1) is 9.54. The van der Waals surface area contributed by atoms with Crippen molar-refractivity contribution in [1.82, 2.24) is 4.98 Å². The third-order valence-electron chi connectivity index (χ3n) is 2.40. The highest BCUT2D eigenvalue weighted by Gasteiger charge is 2.08. The number of benzene rings is 1. The largest absolute Gasteiger partial charge is 0.351 e. The lowest BCUT2D eigenvalue weighted by Crippen LogP contribution is -2.19. The zero-order valence-corrected chi connectivity index (χ0v) is 12.4. The predicted molar refractivity (Wildman–Crippen MR) is 81.6 cm³/mol. The Morgan fingerprint density at radius 3 is 2.60 bits per heavy atom. The second kappa shape index (κ2) is 6.53. The second-order valence-electron chi connectivity index (χ2n) is 4.03. The molecule has 5 nitrogen and oxygen atoms in total. The molecule has 1 aromatic carbocycles. The van der Waals surface area contributed by atoms with Crippen molar-refractivity contribution < 1.29 is 9.59 Å². The number of hydrogen-bond acceptors (Lipinski definition) is 5.